The third-order valence-corrected chi connectivity index (χ3v) is 6.35. The lowest BCUT2D eigenvalue weighted by molar-refractivity contribution is 0.380. The van der Waals surface area contributed by atoms with Crippen LogP contribution in [0, 0.1) is 0 Å². The van der Waals surface area contributed by atoms with E-state index in [1.165, 1.54) is 17.9 Å². The van der Waals surface area contributed by atoms with Gasteiger partial charge < -0.3 is 8.60 Å². The molecule has 7 heteroatoms. The third-order valence-electron chi connectivity index (χ3n) is 5.88. The predicted octanol–water partition coefficient (Wildman–Crippen LogP) is 4.24. The fourth-order valence-corrected chi connectivity index (χ4v) is 4.94. The van der Waals surface area contributed by atoms with Crippen molar-refractivity contribution in [2.24, 2.45) is 4.99 Å². The highest BCUT2D eigenvalue weighted by molar-refractivity contribution is 7.86. The summed E-state index contributed by atoms with van der Waals surface area (Å²) in [5, 5.41) is 0. The smallest absolute Gasteiger partial charge is 0.306 e. The Morgan fingerprint density at radius 3 is 2.76 bits per heavy atom. The molecule has 4 rings (SSSR count). The SMILES string of the molecule is CC(C)c1ccc2c(c1)C1(Cc3occc(=O)c3OS(C)(=O)=O)CCCCC1=N2. The van der Waals surface area contributed by atoms with Gasteiger partial charge in [-0.2, -0.15) is 8.42 Å². The van der Waals surface area contributed by atoms with Crippen LogP contribution in [0.1, 0.15) is 62.3 Å². The van der Waals surface area contributed by atoms with Crippen molar-refractivity contribution in [2.45, 2.75) is 57.3 Å². The Morgan fingerprint density at radius 1 is 1.24 bits per heavy atom. The molecule has 1 unspecified atom stereocenters. The Balaban J connectivity index is 1.85. The third kappa shape index (κ3) is 3.64. The van der Waals surface area contributed by atoms with Crippen molar-refractivity contribution >= 4 is 21.5 Å². The summed E-state index contributed by atoms with van der Waals surface area (Å²) in [7, 11) is -3.86. The fraction of sp³-hybridized carbons (Fsp3) is 0.455. The average Bonchev–Trinajstić information content (AvgIpc) is 2.97. The molecule has 0 saturated heterocycles. The molecule has 0 amide bonds. The molecule has 1 atom stereocenters. The summed E-state index contributed by atoms with van der Waals surface area (Å²) in [6, 6.07) is 7.56. The topological polar surface area (TPSA) is 85.9 Å². The Morgan fingerprint density at radius 2 is 2.03 bits per heavy atom. The van der Waals surface area contributed by atoms with Gasteiger partial charge in [0.1, 0.15) is 0 Å². The molecule has 154 valence electrons. The zero-order chi connectivity index (χ0) is 20.8. The van der Waals surface area contributed by atoms with Gasteiger partial charge in [0, 0.05) is 23.6 Å². The van der Waals surface area contributed by atoms with E-state index in [0.717, 1.165) is 48.9 Å². The lowest BCUT2D eigenvalue weighted by Gasteiger charge is -2.36. The molecule has 1 saturated carbocycles. The van der Waals surface area contributed by atoms with Gasteiger partial charge in [-0.05, 0) is 42.4 Å². The van der Waals surface area contributed by atoms with Gasteiger partial charge in [-0.3, -0.25) is 9.79 Å². The quantitative estimate of drug-likeness (QED) is 0.682. The molecule has 1 aromatic carbocycles. The summed E-state index contributed by atoms with van der Waals surface area (Å²) < 4.78 is 34.1. The summed E-state index contributed by atoms with van der Waals surface area (Å²) in [6.45, 7) is 4.31. The van der Waals surface area contributed by atoms with Crippen molar-refractivity contribution in [1.29, 1.82) is 0 Å². The van der Waals surface area contributed by atoms with Crippen LogP contribution in [-0.4, -0.2) is 20.4 Å². The van der Waals surface area contributed by atoms with Gasteiger partial charge in [-0.25, -0.2) is 0 Å². The first-order chi connectivity index (χ1) is 13.7. The number of rotatable bonds is 5. The molecule has 1 fully saturated rings. The van der Waals surface area contributed by atoms with Crippen LogP contribution in [-0.2, 0) is 22.0 Å². The summed E-state index contributed by atoms with van der Waals surface area (Å²) >= 11 is 0. The maximum absolute atomic E-state index is 12.4. The van der Waals surface area contributed by atoms with Crippen molar-refractivity contribution in [3.05, 3.63) is 57.6 Å². The maximum Gasteiger partial charge on any atom is 0.306 e. The van der Waals surface area contributed by atoms with Gasteiger partial charge in [-0.1, -0.05) is 32.4 Å². The molecule has 2 heterocycles. The van der Waals surface area contributed by atoms with E-state index in [9.17, 15) is 13.2 Å². The van der Waals surface area contributed by atoms with Crippen molar-refractivity contribution in [1.82, 2.24) is 0 Å². The van der Waals surface area contributed by atoms with E-state index in [-0.39, 0.29) is 11.5 Å². The van der Waals surface area contributed by atoms with Gasteiger partial charge >= 0.3 is 10.1 Å². The molecule has 0 spiro atoms. The van der Waals surface area contributed by atoms with Crippen LogP contribution in [0.15, 0.2) is 44.7 Å². The fourth-order valence-electron chi connectivity index (χ4n) is 4.46. The van der Waals surface area contributed by atoms with Gasteiger partial charge in [0.15, 0.2) is 5.76 Å². The highest BCUT2D eigenvalue weighted by atomic mass is 32.2. The zero-order valence-electron chi connectivity index (χ0n) is 16.9. The van der Waals surface area contributed by atoms with E-state index in [1.54, 1.807) is 0 Å². The van der Waals surface area contributed by atoms with E-state index in [4.69, 9.17) is 13.6 Å². The average molecular weight is 416 g/mol. The molecule has 0 radical (unpaired) electrons. The second-order valence-corrected chi connectivity index (χ2v) is 9.86. The number of fused-ring (bicyclic) bond motifs is 3. The molecule has 0 bridgehead atoms. The first-order valence-corrected chi connectivity index (χ1v) is 11.7. The number of hydrogen-bond acceptors (Lipinski definition) is 6. The van der Waals surface area contributed by atoms with Crippen LogP contribution in [0.4, 0.5) is 5.69 Å². The van der Waals surface area contributed by atoms with Crippen molar-refractivity contribution in [3.8, 4) is 5.75 Å². The Bertz CT molecular complexity index is 1150. The predicted molar refractivity (Wildman–Crippen MR) is 112 cm³/mol. The lowest BCUT2D eigenvalue weighted by atomic mass is 9.66. The van der Waals surface area contributed by atoms with Crippen LogP contribution in [0.3, 0.4) is 0 Å². The highest BCUT2D eigenvalue weighted by Gasteiger charge is 2.46. The monoisotopic (exact) mass is 415 g/mol. The molecular weight excluding hydrogens is 390 g/mol. The van der Waals surface area contributed by atoms with Gasteiger partial charge in [0.25, 0.3) is 0 Å². The minimum absolute atomic E-state index is 0.247. The Kier molecular flexibility index (Phi) is 4.89. The minimum Gasteiger partial charge on any atom is -0.465 e. The van der Waals surface area contributed by atoms with Crippen LogP contribution < -0.4 is 9.61 Å². The van der Waals surface area contributed by atoms with Crippen LogP contribution >= 0.6 is 0 Å². The second kappa shape index (κ2) is 7.13. The van der Waals surface area contributed by atoms with E-state index in [0.29, 0.717) is 12.3 Å². The van der Waals surface area contributed by atoms with Gasteiger partial charge in [0.2, 0.25) is 11.2 Å². The molecule has 2 aliphatic rings. The number of benzene rings is 1. The molecule has 1 aromatic heterocycles. The van der Waals surface area contributed by atoms with Crippen molar-refractivity contribution < 1.29 is 17.0 Å². The Hall–Kier alpha value is -2.41. The first kappa shape index (κ1) is 19.9. The van der Waals surface area contributed by atoms with Crippen LogP contribution in [0.5, 0.6) is 5.75 Å². The minimum atomic E-state index is -3.86. The number of hydrogen-bond donors (Lipinski definition) is 0. The normalized spacial score (nSPS) is 20.9. The van der Waals surface area contributed by atoms with Crippen LogP contribution in [0.2, 0.25) is 0 Å². The summed E-state index contributed by atoms with van der Waals surface area (Å²) in [5.74, 6) is 0.381. The van der Waals surface area contributed by atoms with E-state index >= 15 is 0 Å². The highest BCUT2D eigenvalue weighted by Crippen LogP contribution is 2.50. The molecule has 1 aliphatic heterocycles. The largest absolute Gasteiger partial charge is 0.465 e. The van der Waals surface area contributed by atoms with Crippen molar-refractivity contribution in [2.75, 3.05) is 6.26 Å². The molecular formula is C22H25NO5S. The Labute approximate surface area is 170 Å². The van der Waals surface area contributed by atoms with Crippen LogP contribution in [0.25, 0.3) is 0 Å². The summed E-state index contributed by atoms with van der Waals surface area (Å²) in [4.78, 5) is 17.3. The summed E-state index contributed by atoms with van der Waals surface area (Å²) in [6.07, 6.45) is 6.42. The molecule has 0 N–H and O–H groups in total. The summed E-state index contributed by atoms with van der Waals surface area (Å²) in [5.41, 5.74) is 3.50. The lowest BCUT2D eigenvalue weighted by Crippen LogP contribution is -2.38. The van der Waals surface area contributed by atoms with Crippen molar-refractivity contribution in [3.63, 3.8) is 0 Å². The van der Waals surface area contributed by atoms with E-state index in [1.807, 2.05) is 0 Å². The van der Waals surface area contributed by atoms with E-state index in [2.05, 4.69) is 32.0 Å². The molecule has 29 heavy (non-hydrogen) atoms. The molecule has 1 aliphatic carbocycles. The standard InChI is InChI=1S/C22H25NO5S/c1-14(2)15-7-8-17-16(12-15)22(10-5-4-6-20(22)23-17)13-19-21(28-29(3,25)26)18(24)9-11-27-19/h7-9,11-12,14H,4-6,10,13H2,1-3H3. The van der Waals surface area contributed by atoms with Gasteiger partial charge in [0.05, 0.1) is 18.2 Å². The molecule has 6 nitrogen and oxygen atoms in total. The number of aliphatic imine (C=N–C) groups is 1. The first-order valence-electron chi connectivity index (χ1n) is 9.92. The van der Waals surface area contributed by atoms with Gasteiger partial charge in [-0.15, -0.1) is 0 Å². The second-order valence-electron chi connectivity index (χ2n) is 8.28. The zero-order valence-corrected chi connectivity index (χ0v) is 17.7. The maximum atomic E-state index is 12.4. The molecule has 2 aromatic rings. The number of nitrogens with zero attached hydrogens (tertiary/aromatic N) is 1. The van der Waals surface area contributed by atoms with E-state index < -0.39 is 21.0 Å².